The minimum atomic E-state index is -0.206. The summed E-state index contributed by atoms with van der Waals surface area (Å²) in [6.45, 7) is 6.91. The Hall–Kier alpha value is -2.67. The molecule has 0 saturated heterocycles. The zero-order valence-electron chi connectivity index (χ0n) is 15.2. The molecule has 2 heterocycles. The second-order valence-corrected chi connectivity index (χ2v) is 6.63. The highest BCUT2D eigenvalue weighted by Gasteiger charge is 2.26. The Labute approximate surface area is 157 Å². The van der Waals surface area contributed by atoms with E-state index < -0.39 is 0 Å². The first-order valence-electron chi connectivity index (χ1n) is 8.66. The van der Waals surface area contributed by atoms with E-state index in [1.807, 2.05) is 56.5 Å². The second-order valence-electron chi connectivity index (χ2n) is 5.79. The van der Waals surface area contributed by atoms with E-state index in [1.165, 1.54) is 11.3 Å². The van der Waals surface area contributed by atoms with Crippen LogP contribution >= 0.6 is 11.3 Å². The molecule has 7 heteroatoms. The molecule has 3 rings (SSSR count). The van der Waals surface area contributed by atoms with Gasteiger partial charge in [-0.25, -0.2) is 9.67 Å². The number of thiazole rings is 1. The molecule has 0 bridgehead atoms. The minimum Gasteiger partial charge on any atom is -0.489 e. The summed E-state index contributed by atoms with van der Waals surface area (Å²) in [5, 5.41) is 7.12. The van der Waals surface area contributed by atoms with Crippen LogP contribution in [0.5, 0.6) is 5.75 Å². The number of rotatable bonds is 7. The van der Waals surface area contributed by atoms with Gasteiger partial charge in [0.15, 0.2) is 16.6 Å². The number of ether oxygens (including phenoxy) is 1. The summed E-state index contributed by atoms with van der Waals surface area (Å²) in [6, 6.07) is 9.68. The highest BCUT2D eigenvalue weighted by Crippen LogP contribution is 2.26. The monoisotopic (exact) mass is 370 g/mol. The molecule has 0 unspecified atom stereocenters. The number of hydrogen-bond acceptors (Lipinski definition) is 5. The number of carbonyl (C=O) groups excluding carboxylic acids is 1. The Morgan fingerprint density at radius 1 is 1.27 bits per heavy atom. The lowest BCUT2D eigenvalue weighted by atomic mass is 10.3. The molecule has 0 aliphatic rings. The Morgan fingerprint density at radius 3 is 2.65 bits per heavy atom. The predicted octanol–water partition coefficient (Wildman–Crippen LogP) is 4.09. The van der Waals surface area contributed by atoms with Crippen LogP contribution in [-0.2, 0) is 0 Å². The molecule has 1 amide bonds. The highest BCUT2D eigenvalue weighted by molar-refractivity contribution is 7.14. The van der Waals surface area contributed by atoms with Crippen LogP contribution < -0.4 is 9.64 Å². The van der Waals surface area contributed by atoms with Gasteiger partial charge in [0.05, 0.1) is 24.2 Å². The maximum atomic E-state index is 13.2. The summed E-state index contributed by atoms with van der Waals surface area (Å²) in [5.74, 6) is 0.287. The number of carbonyl (C=O) groups is 1. The molecule has 0 fully saturated rings. The van der Waals surface area contributed by atoms with Crippen LogP contribution in [0.25, 0.3) is 5.69 Å². The van der Waals surface area contributed by atoms with E-state index in [0.717, 1.165) is 17.8 Å². The largest absolute Gasteiger partial charge is 0.489 e. The fourth-order valence-electron chi connectivity index (χ4n) is 2.50. The van der Waals surface area contributed by atoms with Crippen molar-refractivity contribution in [3.05, 3.63) is 53.3 Å². The molecule has 26 heavy (non-hydrogen) atoms. The number of anilines is 1. The van der Waals surface area contributed by atoms with Gasteiger partial charge in [0.1, 0.15) is 0 Å². The summed E-state index contributed by atoms with van der Waals surface area (Å²) in [6.07, 6.45) is 2.62. The maximum absolute atomic E-state index is 13.2. The van der Waals surface area contributed by atoms with Crippen molar-refractivity contribution in [3.63, 3.8) is 0 Å². The average Bonchev–Trinajstić information content (AvgIpc) is 3.28. The van der Waals surface area contributed by atoms with E-state index in [0.29, 0.717) is 29.7 Å². The third kappa shape index (κ3) is 3.77. The van der Waals surface area contributed by atoms with Gasteiger partial charge in [-0.15, -0.1) is 11.3 Å². The molecule has 0 aliphatic heterocycles. The Kier molecular flexibility index (Phi) is 5.68. The van der Waals surface area contributed by atoms with Gasteiger partial charge >= 0.3 is 0 Å². The first kappa shape index (κ1) is 18.1. The Bertz CT molecular complexity index is 873. The highest BCUT2D eigenvalue weighted by atomic mass is 32.1. The van der Waals surface area contributed by atoms with Gasteiger partial charge in [0.25, 0.3) is 5.91 Å². The van der Waals surface area contributed by atoms with Crippen molar-refractivity contribution in [2.45, 2.75) is 27.2 Å². The molecule has 2 aromatic heterocycles. The molecular formula is C19H22N4O2S. The van der Waals surface area contributed by atoms with Gasteiger partial charge in [-0.05, 0) is 32.4 Å². The van der Waals surface area contributed by atoms with E-state index >= 15 is 0 Å². The SMILES string of the molecule is CCCOc1cn(-c2ccccc2)nc1C(=O)N(CC)c1nc(C)cs1. The zero-order chi connectivity index (χ0) is 18.5. The third-order valence-electron chi connectivity index (χ3n) is 3.76. The van der Waals surface area contributed by atoms with Gasteiger partial charge < -0.3 is 4.74 Å². The standard InChI is InChI=1S/C19H22N4O2S/c1-4-11-25-16-12-23(15-9-7-6-8-10-15)21-17(16)18(24)22(5-2)19-20-14(3)13-26-19/h6-10,12-13H,4-5,11H2,1-3H3. The molecule has 0 N–H and O–H groups in total. The number of amides is 1. The number of aryl methyl sites for hydroxylation is 1. The molecule has 0 aliphatic carbocycles. The van der Waals surface area contributed by atoms with Gasteiger partial charge in [-0.3, -0.25) is 9.69 Å². The molecule has 0 saturated carbocycles. The van der Waals surface area contributed by atoms with Crippen LogP contribution in [-0.4, -0.2) is 33.8 Å². The molecule has 6 nitrogen and oxygen atoms in total. The summed E-state index contributed by atoms with van der Waals surface area (Å²) in [5.41, 5.74) is 2.08. The fourth-order valence-corrected chi connectivity index (χ4v) is 3.36. The van der Waals surface area contributed by atoms with Crippen LogP contribution in [0.1, 0.15) is 36.5 Å². The minimum absolute atomic E-state index is 0.206. The van der Waals surface area contributed by atoms with Crippen molar-refractivity contribution in [1.29, 1.82) is 0 Å². The second kappa shape index (κ2) is 8.14. The van der Waals surface area contributed by atoms with Crippen LogP contribution in [0.2, 0.25) is 0 Å². The van der Waals surface area contributed by atoms with E-state index in [4.69, 9.17) is 4.74 Å². The van der Waals surface area contributed by atoms with E-state index in [2.05, 4.69) is 10.1 Å². The van der Waals surface area contributed by atoms with E-state index in [1.54, 1.807) is 15.8 Å². The van der Waals surface area contributed by atoms with Crippen molar-refractivity contribution < 1.29 is 9.53 Å². The molecule has 0 radical (unpaired) electrons. The van der Waals surface area contributed by atoms with Crippen LogP contribution in [0, 0.1) is 6.92 Å². The summed E-state index contributed by atoms with van der Waals surface area (Å²) in [4.78, 5) is 19.2. The summed E-state index contributed by atoms with van der Waals surface area (Å²) >= 11 is 1.45. The summed E-state index contributed by atoms with van der Waals surface area (Å²) in [7, 11) is 0. The van der Waals surface area contributed by atoms with Crippen molar-refractivity contribution >= 4 is 22.4 Å². The molecule has 3 aromatic rings. The lowest BCUT2D eigenvalue weighted by Crippen LogP contribution is -2.31. The van der Waals surface area contributed by atoms with Crippen molar-refractivity contribution in [2.24, 2.45) is 0 Å². The van der Waals surface area contributed by atoms with E-state index in [-0.39, 0.29) is 5.91 Å². The number of aromatic nitrogens is 3. The van der Waals surface area contributed by atoms with Gasteiger partial charge in [-0.2, -0.15) is 5.10 Å². The van der Waals surface area contributed by atoms with Gasteiger partial charge in [0, 0.05) is 11.9 Å². The smallest absolute Gasteiger partial charge is 0.284 e. The van der Waals surface area contributed by atoms with Crippen LogP contribution in [0.3, 0.4) is 0 Å². The fraction of sp³-hybridized carbons (Fsp3) is 0.316. The topological polar surface area (TPSA) is 60.3 Å². The van der Waals surface area contributed by atoms with Gasteiger partial charge in [-0.1, -0.05) is 25.1 Å². The maximum Gasteiger partial charge on any atom is 0.284 e. The number of para-hydroxylation sites is 1. The Balaban J connectivity index is 1.98. The normalized spacial score (nSPS) is 10.7. The Morgan fingerprint density at radius 2 is 2.04 bits per heavy atom. The molecule has 136 valence electrons. The van der Waals surface area contributed by atoms with Crippen molar-refractivity contribution in [1.82, 2.24) is 14.8 Å². The lowest BCUT2D eigenvalue weighted by molar-refractivity contribution is 0.0979. The third-order valence-corrected chi connectivity index (χ3v) is 4.75. The van der Waals surface area contributed by atoms with Crippen LogP contribution in [0.4, 0.5) is 5.13 Å². The van der Waals surface area contributed by atoms with Gasteiger partial charge in [0.2, 0.25) is 0 Å². The zero-order valence-corrected chi connectivity index (χ0v) is 16.0. The molecular weight excluding hydrogens is 348 g/mol. The average molecular weight is 370 g/mol. The number of hydrogen-bond donors (Lipinski definition) is 0. The summed E-state index contributed by atoms with van der Waals surface area (Å²) < 4.78 is 7.48. The number of nitrogens with zero attached hydrogens (tertiary/aromatic N) is 4. The lowest BCUT2D eigenvalue weighted by Gasteiger charge is -2.17. The quantitative estimate of drug-likeness (QED) is 0.628. The first-order valence-corrected chi connectivity index (χ1v) is 9.53. The predicted molar refractivity (Wildman–Crippen MR) is 104 cm³/mol. The number of benzene rings is 1. The van der Waals surface area contributed by atoms with Crippen LogP contribution in [0.15, 0.2) is 41.9 Å². The molecule has 0 spiro atoms. The van der Waals surface area contributed by atoms with Crippen molar-refractivity contribution in [2.75, 3.05) is 18.1 Å². The van der Waals surface area contributed by atoms with Crippen molar-refractivity contribution in [3.8, 4) is 11.4 Å². The molecule has 1 aromatic carbocycles. The first-order chi connectivity index (χ1) is 12.6. The van der Waals surface area contributed by atoms with E-state index in [9.17, 15) is 4.79 Å². The molecule has 0 atom stereocenters.